The van der Waals surface area contributed by atoms with Crippen LogP contribution in [0.5, 0.6) is 0 Å². The van der Waals surface area contributed by atoms with Crippen LogP contribution >= 0.6 is 0 Å². The van der Waals surface area contributed by atoms with E-state index < -0.39 is 5.97 Å². The number of benzene rings is 1. The van der Waals surface area contributed by atoms with E-state index >= 15 is 0 Å². The molecule has 1 rings (SSSR count). The van der Waals surface area contributed by atoms with Crippen LogP contribution in [0.4, 0.5) is 11.4 Å². The van der Waals surface area contributed by atoms with E-state index in [0.29, 0.717) is 17.3 Å². The number of rotatable bonds is 3. The highest BCUT2D eigenvalue weighted by atomic mass is 16.5. The largest absolute Gasteiger partial charge is 0.465 e. The van der Waals surface area contributed by atoms with Crippen LogP contribution in [0.1, 0.15) is 24.2 Å². The Morgan fingerprint density at radius 1 is 1.47 bits per heavy atom. The Bertz CT molecular complexity index is 362. The second-order valence-electron chi connectivity index (χ2n) is 3.59. The lowest BCUT2D eigenvalue weighted by Gasteiger charge is -2.12. The van der Waals surface area contributed by atoms with E-state index in [0.717, 1.165) is 5.69 Å². The fourth-order valence-electron chi connectivity index (χ4n) is 1.27. The van der Waals surface area contributed by atoms with Crippen molar-refractivity contribution in [3.05, 3.63) is 23.8 Å². The van der Waals surface area contributed by atoms with Crippen LogP contribution in [0, 0.1) is 0 Å². The minimum atomic E-state index is -0.417. The smallest absolute Gasteiger partial charge is 0.340 e. The molecule has 0 radical (unpaired) electrons. The molecule has 0 unspecified atom stereocenters. The maximum atomic E-state index is 11.3. The second kappa shape index (κ2) is 4.68. The predicted molar refractivity (Wildman–Crippen MR) is 61.0 cm³/mol. The summed E-state index contributed by atoms with van der Waals surface area (Å²) in [7, 11) is 1.34. The highest BCUT2D eigenvalue weighted by Gasteiger charge is 2.10. The molecule has 4 heteroatoms. The lowest BCUT2D eigenvalue weighted by atomic mass is 10.1. The standard InChI is InChI=1S/C11H16N2O2/c1-7(2)13-8-4-5-10(12)9(6-8)11(14)15-3/h4-7,13H,12H2,1-3H3. The Balaban J connectivity index is 3.00. The van der Waals surface area contributed by atoms with Crippen molar-refractivity contribution in [3.63, 3.8) is 0 Å². The van der Waals surface area contributed by atoms with Gasteiger partial charge in [-0.3, -0.25) is 0 Å². The van der Waals surface area contributed by atoms with Gasteiger partial charge in [-0.05, 0) is 32.0 Å². The summed E-state index contributed by atoms with van der Waals surface area (Å²) in [6, 6.07) is 5.53. The molecule has 0 aromatic heterocycles. The summed E-state index contributed by atoms with van der Waals surface area (Å²) >= 11 is 0. The average Bonchev–Trinajstić information content (AvgIpc) is 2.19. The number of carbonyl (C=O) groups excluding carboxylic acids is 1. The topological polar surface area (TPSA) is 64.3 Å². The van der Waals surface area contributed by atoms with E-state index in [1.165, 1.54) is 7.11 Å². The van der Waals surface area contributed by atoms with E-state index in [1.807, 2.05) is 19.9 Å². The maximum Gasteiger partial charge on any atom is 0.340 e. The van der Waals surface area contributed by atoms with E-state index in [9.17, 15) is 4.79 Å². The molecule has 3 N–H and O–H groups in total. The molecular weight excluding hydrogens is 192 g/mol. The van der Waals surface area contributed by atoms with E-state index in [4.69, 9.17) is 5.73 Å². The number of anilines is 2. The van der Waals surface area contributed by atoms with Crippen molar-refractivity contribution >= 4 is 17.3 Å². The third kappa shape index (κ3) is 2.87. The Hall–Kier alpha value is -1.71. The number of nitrogens with two attached hydrogens (primary N) is 1. The number of nitrogens with one attached hydrogen (secondary N) is 1. The summed E-state index contributed by atoms with van der Waals surface area (Å²) in [5.74, 6) is -0.417. The summed E-state index contributed by atoms with van der Waals surface area (Å²) in [4.78, 5) is 11.3. The van der Waals surface area contributed by atoms with Gasteiger partial charge in [0.2, 0.25) is 0 Å². The number of methoxy groups -OCH3 is 1. The van der Waals surface area contributed by atoms with Crippen molar-refractivity contribution in [2.75, 3.05) is 18.2 Å². The van der Waals surface area contributed by atoms with Gasteiger partial charge in [-0.2, -0.15) is 0 Å². The fraction of sp³-hybridized carbons (Fsp3) is 0.364. The van der Waals surface area contributed by atoms with Crippen LogP contribution in [0.2, 0.25) is 0 Å². The van der Waals surface area contributed by atoms with Crippen LogP contribution in [-0.2, 0) is 4.74 Å². The summed E-state index contributed by atoms with van der Waals surface area (Å²) in [5, 5.41) is 3.19. The van der Waals surface area contributed by atoms with Crippen molar-refractivity contribution in [2.45, 2.75) is 19.9 Å². The molecule has 0 spiro atoms. The quantitative estimate of drug-likeness (QED) is 0.588. The molecule has 0 aliphatic heterocycles. The normalized spacial score (nSPS) is 10.1. The molecule has 4 nitrogen and oxygen atoms in total. The molecule has 0 bridgehead atoms. The molecule has 15 heavy (non-hydrogen) atoms. The number of esters is 1. The first kappa shape index (κ1) is 11.4. The van der Waals surface area contributed by atoms with Crippen LogP contribution in [0.15, 0.2) is 18.2 Å². The van der Waals surface area contributed by atoms with Crippen molar-refractivity contribution in [1.29, 1.82) is 0 Å². The number of hydrogen-bond acceptors (Lipinski definition) is 4. The zero-order valence-corrected chi connectivity index (χ0v) is 9.20. The Labute approximate surface area is 89.4 Å². The highest BCUT2D eigenvalue weighted by Crippen LogP contribution is 2.19. The van der Waals surface area contributed by atoms with E-state index in [1.54, 1.807) is 12.1 Å². The lowest BCUT2D eigenvalue weighted by molar-refractivity contribution is 0.0602. The highest BCUT2D eigenvalue weighted by molar-refractivity contribution is 5.96. The Kier molecular flexibility index (Phi) is 3.55. The number of ether oxygens (including phenoxy) is 1. The maximum absolute atomic E-state index is 11.3. The molecule has 1 aromatic rings. The molecule has 0 aliphatic carbocycles. The minimum absolute atomic E-state index is 0.305. The predicted octanol–water partition coefficient (Wildman–Crippen LogP) is 1.88. The molecule has 0 saturated carbocycles. The van der Waals surface area contributed by atoms with Crippen LogP contribution < -0.4 is 11.1 Å². The summed E-state index contributed by atoms with van der Waals surface area (Å²) in [6.07, 6.45) is 0. The number of carbonyl (C=O) groups is 1. The Morgan fingerprint density at radius 3 is 2.67 bits per heavy atom. The van der Waals surface area contributed by atoms with Gasteiger partial charge < -0.3 is 15.8 Å². The number of hydrogen-bond donors (Lipinski definition) is 2. The number of nitrogen functional groups attached to an aromatic ring is 1. The van der Waals surface area contributed by atoms with Gasteiger partial charge in [0.25, 0.3) is 0 Å². The zero-order chi connectivity index (χ0) is 11.4. The molecule has 82 valence electrons. The van der Waals surface area contributed by atoms with Crippen molar-refractivity contribution in [2.24, 2.45) is 0 Å². The molecule has 0 amide bonds. The summed E-state index contributed by atoms with van der Waals surface area (Å²) < 4.78 is 4.63. The van der Waals surface area contributed by atoms with Crippen LogP contribution in [0.3, 0.4) is 0 Å². The first-order chi connectivity index (χ1) is 7.04. The van der Waals surface area contributed by atoms with Gasteiger partial charge in [-0.25, -0.2) is 4.79 Å². The average molecular weight is 208 g/mol. The molecule has 0 saturated heterocycles. The molecule has 0 heterocycles. The molecular formula is C11H16N2O2. The van der Waals surface area contributed by atoms with E-state index in [2.05, 4.69) is 10.1 Å². The first-order valence-corrected chi connectivity index (χ1v) is 4.79. The molecule has 0 fully saturated rings. The summed E-state index contributed by atoms with van der Waals surface area (Å²) in [5.41, 5.74) is 7.35. The zero-order valence-electron chi connectivity index (χ0n) is 9.20. The van der Waals surface area contributed by atoms with Gasteiger partial charge in [0.1, 0.15) is 0 Å². The molecule has 0 aliphatic rings. The second-order valence-corrected chi connectivity index (χ2v) is 3.59. The fourth-order valence-corrected chi connectivity index (χ4v) is 1.27. The van der Waals surface area contributed by atoms with Crippen molar-refractivity contribution in [1.82, 2.24) is 0 Å². The van der Waals surface area contributed by atoms with Crippen LogP contribution in [0.25, 0.3) is 0 Å². The van der Waals surface area contributed by atoms with Gasteiger partial charge in [0.15, 0.2) is 0 Å². The monoisotopic (exact) mass is 208 g/mol. The Morgan fingerprint density at radius 2 is 2.13 bits per heavy atom. The van der Waals surface area contributed by atoms with Crippen LogP contribution in [-0.4, -0.2) is 19.1 Å². The molecule has 0 atom stereocenters. The third-order valence-electron chi connectivity index (χ3n) is 1.91. The van der Waals surface area contributed by atoms with Gasteiger partial charge in [-0.15, -0.1) is 0 Å². The summed E-state index contributed by atoms with van der Waals surface area (Å²) in [6.45, 7) is 4.04. The SMILES string of the molecule is COC(=O)c1cc(NC(C)C)ccc1N. The van der Waals surface area contributed by atoms with Crippen molar-refractivity contribution < 1.29 is 9.53 Å². The lowest BCUT2D eigenvalue weighted by Crippen LogP contribution is -2.11. The third-order valence-corrected chi connectivity index (χ3v) is 1.91. The van der Waals surface area contributed by atoms with Gasteiger partial charge in [0.05, 0.1) is 12.7 Å². The van der Waals surface area contributed by atoms with Crippen molar-refractivity contribution in [3.8, 4) is 0 Å². The van der Waals surface area contributed by atoms with Gasteiger partial charge in [0, 0.05) is 17.4 Å². The minimum Gasteiger partial charge on any atom is -0.465 e. The van der Waals surface area contributed by atoms with Gasteiger partial charge in [-0.1, -0.05) is 0 Å². The van der Waals surface area contributed by atoms with Gasteiger partial charge >= 0.3 is 5.97 Å². The first-order valence-electron chi connectivity index (χ1n) is 4.79. The van der Waals surface area contributed by atoms with E-state index in [-0.39, 0.29) is 0 Å². The molecule has 1 aromatic carbocycles.